The van der Waals surface area contributed by atoms with Crippen molar-refractivity contribution in [2.75, 3.05) is 12.8 Å². The number of carboxylic acids is 1. The van der Waals surface area contributed by atoms with Gasteiger partial charge < -0.3 is 10.0 Å². The van der Waals surface area contributed by atoms with Crippen LogP contribution in [0.15, 0.2) is 29.2 Å². The van der Waals surface area contributed by atoms with Gasteiger partial charge in [0, 0.05) is 11.9 Å². The first-order valence-corrected chi connectivity index (χ1v) is 6.58. The fourth-order valence-corrected chi connectivity index (χ4v) is 2.09. The van der Waals surface area contributed by atoms with Gasteiger partial charge in [-0.3, -0.25) is 4.79 Å². The second-order valence-electron chi connectivity index (χ2n) is 4.12. The smallest absolute Gasteiger partial charge is 0.326 e. The second-order valence-corrected chi connectivity index (χ2v) is 5.17. The molecule has 0 bridgehead atoms. The number of carbonyl (C=O) groups excluding carboxylic acids is 1. The minimum Gasteiger partial charge on any atom is -0.480 e. The summed E-state index contributed by atoms with van der Waals surface area (Å²) in [6, 6.07) is 7.07. The Labute approximate surface area is 111 Å². The summed E-state index contributed by atoms with van der Waals surface area (Å²) in [7, 11) is 1.51. The fraction of sp³-hybridized carbons (Fsp3) is 0.385. The van der Waals surface area contributed by atoms with Crippen molar-refractivity contribution in [3.8, 4) is 0 Å². The van der Waals surface area contributed by atoms with Crippen molar-refractivity contribution in [3.05, 3.63) is 29.8 Å². The van der Waals surface area contributed by atoms with Gasteiger partial charge in [0.25, 0.3) is 0 Å². The van der Waals surface area contributed by atoms with Crippen LogP contribution in [0.2, 0.25) is 0 Å². The number of rotatable bonds is 5. The van der Waals surface area contributed by atoms with Crippen molar-refractivity contribution in [1.29, 1.82) is 0 Å². The van der Waals surface area contributed by atoms with E-state index in [9.17, 15) is 9.59 Å². The first-order chi connectivity index (χ1) is 8.41. The molecule has 1 atom stereocenters. The molecular weight excluding hydrogens is 250 g/mol. The van der Waals surface area contributed by atoms with Gasteiger partial charge >= 0.3 is 5.97 Å². The van der Waals surface area contributed by atoms with Gasteiger partial charge in [0.1, 0.15) is 6.04 Å². The van der Waals surface area contributed by atoms with Crippen molar-refractivity contribution in [1.82, 2.24) is 4.90 Å². The molecule has 0 spiro atoms. The van der Waals surface area contributed by atoms with Crippen LogP contribution in [0.3, 0.4) is 0 Å². The highest BCUT2D eigenvalue weighted by Gasteiger charge is 2.21. The maximum atomic E-state index is 11.8. The third-order valence-electron chi connectivity index (χ3n) is 2.72. The van der Waals surface area contributed by atoms with Crippen LogP contribution in [0.4, 0.5) is 0 Å². The van der Waals surface area contributed by atoms with Crippen LogP contribution in [0.5, 0.6) is 0 Å². The molecular formula is C13H17NO3S. The Bertz CT molecular complexity index is 430. The summed E-state index contributed by atoms with van der Waals surface area (Å²) in [5, 5.41) is 8.82. The molecule has 0 aromatic heterocycles. The molecule has 0 aliphatic rings. The number of carboxylic acid groups (broad SMARTS) is 1. The third kappa shape index (κ3) is 4.07. The van der Waals surface area contributed by atoms with Gasteiger partial charge in [-0.05, 0) is 26.0 Å². The number of aryl methyl sites for hydroxylation is 1. The Morgan fingerprint density at radius 1 is 1.33 bits per heavy atom. The van der Waals surface area contributed by atoms with E-state index >= 15 is 0 Å². The quantitative estimate of drug-likeness (QED) is 0.829. The predicted molar refractivity (Wildman–Crippen MR) is 71.8 cm³/mol. The number of hydrogen-bond donors (Lipinski definition) is 1. The van der Waals surface area contributed by atoms with Crippen molar-refractivity contribution in [3.63, 3.8) is 0 Å². The van der Waals surface area contributed by atoms with E-state index in [0.29, 0.717) is 0 Å². The van der Waals surface area contributed by atoms with E-state index in [1.165, 1.54) is 36.2 Å². The fourth-order valence-electron chi connectivity index (χ4n) is 1.26. The number of benzene rings is 1. The van der Waals surface area contributed by atoms with E-state index in [-0.39, 0.29) is 11.7 Å². The summed E-state index contributed by atoms with van der Waals surface area (Å²) in [5.74, 6) is -0.932. The number of carbonyl (C=O) groups is 2. The number of amides is 1. The van der Waals surface area contributed by atoms with Crippen molar-refractivity contribution in [2.24, 2.45) is 0 Å². The van der Waals surface area contributed by atoms with Gasteiger partial charge in [0.05, 0.1) is 5.75 Å². The second kappa shape index (κ2) is 6.44. The summed E-state index contributed by atoms with van der Waals surface area (Å²) in [6.45, 7) is 3.50. The van der Waals surface area contributed by atoms with Crippen molar-refractivity contribution >= 4 is 23.6 Å². The first kappa shape index (κ1) is 14.6. The highest BCUT2D eigenvalue weighted by molar-refractivity contribution is 8.00. The highest BCUT2D eigenvalue weighted by atomic mass is 32.2. The Morgan fingerprint density at radius 3 is 2.39 bits per heavy atom. The lowest BCUT2D eigenvalue weighted by Crippen LogP contribution is -2.41. The summed E-state index contributed by atoms with van der Waals surface area (Å²) >= 11 is 1.41. The van der Waals surface area contributed by atoms with Crippen LogP contribution >= 0.6 is 11.8 Å². The zero-order valence-corrected chi connectivity index (χ0v) is 11.5. The Hall–Kier alpha value is -1.49. The molecule has 1 unspecified atom stereocenters. The van der Waals surface area contributed by atoms with E-state index in [1.54, 1.807) is 0 Å². The molecule has 0 heterocycles. The van der Waals surface area contributed by atoms with Crippen LogP contribution < -0.4 is 0 Å². The van der Waals surface area contributed by atoms with Crippen LogP contribution in [-0.2, 0) is 9.59 Å². The Kier molecular flexibility index (Phi) is 5.22. The molecule has 1 aromatic rings. The lowest BCUT2D eigenvalue weighted by molar-refractivity contribution is -0.147. The minimum atomic E-state index is -0.994. The van der Waals surface area contributed by atoms with E-state index in [2.05, 4.69) is 0 Å². The van der Waals surface area contributed by atoms with E-state index in [1.807, 2.05) is 31.2 Å². The number of nitrogens with zero attached hydrogens (tertiary/aromatic N) is 1. The Balaban J connectivity index is 2.50. The van der Waals surface area contributed by atoms with Gasteiger partial charge in [-0.2, -0.15) is 0 Å². The first-order valence-electron chi connectivity index (χ1n) is 5.59. The van der Waals surface area contributed by atoms with Gasteiger partial charge in [-0.15, -0.1) is 11.8 Å². The highest BCUT2D eigenvalue weighted by Crippen LogP contribution is 2.18. The normalized spacial score (nSPS) is 11.9. The average Bonchev–Trinajstić information content (AvgIpc) is 2.35. The number of aliphatic carboxylic acids is 1. The molecule has 1 amide bonds. The molecule has 98 valence electrons. The molecule has 0 fully saturated rings. The maximum absolute atomic E-state index is 11.8. The molecule has 0 saturated heterocycles. The van der Waals surface area contributed by atoms with E-state index < -0.39 is 12.0 Å². The van der Waals surface area contributed by atoms with E-state index in [4.69, 9.17) is 5.11 Å². The SMILES string of the molecule is Cc1ccc(SCC(=O)N(C)C(C)C(=O)O)cc1. The summed E-state index contributed by atoms with van der Waals surface area (Å²) in [4.78, 5) is 24.8. The van der Waals surface area contributed by atoms with Crippen LogP contribution in [0.1, 0.15) is 12.5 Å². The maximum Gasteiger partial charge on any atom is 0.326 e. The lowest BCUT2D eigenvalue weighted by atomic mass is 10.2. The van der Waals surface area contributed by atoms with Gasteiger partial charge in [-0.25, -0.2) is 4.79 Å². The molecule has 1 N–H and O–H groups in total. The number of likely N-dealkylation sites (N-methyl/N-ethyl adjacent to an activating group) is 1. The summed E-state index contributed by atoms with van der Waals surface area (Å²) in [5.41, 5.74) is 1.17. The standard InChI is InChI=1S/C13H17NO3S/c1-9-4-6-11(7-5-9)18-8-12(15)14(3)10(2)13(16)17/h4-7,10H,8H2,1-3H3,(H,16,17). The van der Waals surface area contributed by atoms with E-state index in [0.717, 1.165) is 4.90 Å². The van der Waals surface area contributed by atoms with Crippen LogP contribution in [0.25, 0.3) is 0 Å². The average molecular weight is 267 g/mol. The third-order valence-corrected chi connectivity index (χ3v) is 3.71. The molecule has 1 rings (SSSR count). The lowest BCUT2D eigenvalue weighted by Gasteiger charge is -2.21. The summed E-state index contributed by atoms with van der Waals surface area (Å²) < 4.78 is 0. The molecule has 18 heavy (non-hydrogen) atoms. The zero-order valence-electron chi connectivity index (χ0n) is 10.7. The minimum absolute atomic E-state index is 0.185. The Morgan fingerprint density at radius 2 is 1.89 bits per heavy atom. The number of thioether (sulfide) groups is 1. The molecule has 1 aromatic carbocycles. The molecule has 0 saturated carbocycles. The summed E-state index contributed by atoms with van der Waals surface area (Å²) in [6.07, 6.45) is 0. The number of hydrogen-bond acceptors (Lipinski definition) is 3. The monoisotopic (exact) mass is 267 g/mol. The van der Waals surface area contributed by atoms with Crippen molar-refractivity contribution < 1.29 is 14.7 Å². The van der Waals surface area contributed by atoms with Gasteiger partial charge in [0.2, 0.25) is 5.91 Å². The molecule has 5 heteroatoms. The largest absolute Gasteiger partial charge is 0.480 e. The molecule has 0 aliphatic carbocycles. The van der Waals surface area contributed by atoms with Gasteiger partial charge in [-0.1, -0.05) is 17.7 Å². The topological polar surface area (TPSA) is 57.6 Å². The molecule has 0 radical (unpaired) electrons. The zero-order chi connectivity index (χ0) is 13.7. The predicted octanol–water partition coefficient (Wildman–Crippen LogP) is 2.02. The van der Waals surface area contributed by atoms with Gasteiger partial charge in [0.15, 0.2) is 0 Å². The van der Waals surface area contributed by atoms with Crippen LogP contribution in [0, 0.1) is 6.92 Å². The van der Waals surface area contributed by atoms with Crippen molar-refractivity contribution in [2.45, 2.75) is 24.8 Å². The van der Waals surface area contributed by atoms with Crippen LogP contribution in [-0.4, -0.2) is 40.7 Å². The molecule has 4 nitrogen and oxygen atoms in total. The molecule has 0 aliphatic heterocycles.